The Labute approximate surface area is 155 Å². The zero-order valence-electron chi connectivity index (χ0n) is 14.9. The lowest BCUT2D eigenvalue weighted by Crippen LogP contribution is -2.24. The van der Waals surface area contributed by atoms with E-state index in [1.807, 2.05) is 30.3 Å². The van der Waals surface area contributed by atoms with Crippen molar-refractivity contribution < 1.29 is 14.3 Å². The molecule has 0 radical (unpaired) electrons. The van der Waals surface area contributed by atoms with Gasteiger partial charge in [-0.3, -0.25) is 4.79 Å². The van der Waals surface area contributed by atoms with Crippen LogP contribution >= 0.6 is 0 Å². The van der Waals surface area contributed by atoms with Crippen LogP contribution in [0.2, 0.25) is 0 Å². The van der Waals surface area contributed by atoms with E-state index in [0.717, 1.165) is 5.56 Å². The molecule has 1 N–H and O–H groups in total. The number of ether oxygens (including phenoxy) is 2. The van der Waals surface area contributed by atoms with Crippen molar-refractivity contribution in [2.45, 2.75) is 6.54 Å². The Hall–Kier alpha value is -3.75. The number of nitrogens with one attached hydrogen (secondary N) is 1. The molecule has 1 aromatic heterocycles. The van der Waals surface area contributed by atoms with Crippen LogP contribution in [-0.4, -0.2) is 46.5 Å². The van der Waals surface area contributed by atoms with Crippen LogP contribution in [0.25, 0.3) is 11.4 Å². The first-order valence-corrected chi connectivity index (χ1v) is 8.07. The Balaban J connectivity index is 1.61. The Morgan fingerprint density at radius 3 is 2.70 bits per heavy atom. The molecule has 3 rings (SSSR count). The molecule has 1 amide bonds. The molecule has 9 nitrogen and oxygen atoms in total. The van der Waals surface area contributed by atoms with Crippen LogP contribution < -0.4 is 14.9 Å². The summed E-state index contributed by atoms with van der Waals surface area (Å²) in [7, 11) is 3.09. The molecule has 0 fully saturated rings. The largest absolute Gasteiger partial charge is 0.493 e. The van der Waals surface area contributed by atoms with Crippen molar-refractivity contribution >= 4 is 12.1 Å². The van der Waals surface area contributed by atoms with Gasteiger partial charge in [0, 0.05) is 11.1 Å². The van der Waals surface area contributed by atoms with Crippen LogP contribution in [0.5, 0.6) is 11.5 Å². The molecule has 0 aliphatic carbocycles. The fraction of sp³-hybridized carbons (Fsp3) is 0.167. The quantitative estimate of drug-likeness (QED) is 0.502. The lowest BCUT2D eigenvalue weighted by Gasteiger charge is -2.09. The summed E-state index contributed by atoms with van der Waals surface area (Å²) >= 11 is 0. The van der Waals surface area contributed by atoms with E-state index >= 15 is 0 Å². The SMILES string of the molecule is COc1cccc(/C=N/NC(=O)Cn2nnc(-c3ccccc3)n2)c1OC. The molecular formula is C18H18N6O3. The van der Waals surface area contributed by atoms with Crippen molar-refractivity contribution in [1.29, 1.82) is 0 Å². The number of para-hydroxylation sites is 1. The van der Waals surface area contributed by atoms with Crippen molar-refractivity contribution in [2.75, 3.05) is 14.2 Å². The first-order valence-electron chi connectivity index (χ1n) is 8.07. The molecule has 0 saturated heterocycles. The molecule has 3 aromatic rings. The van der Waals surface area contributed by atoms with Crippen LogP contribution in [0.3, 0.4) is 0 Å². The van der Waals surface area contributed by atoms with E-state index in [1.165, 1.54) is 18.1 Å². The number of carbonyl (C=O) groups excluding carboxylic acids is 1. The molecule has 0 saturated carbocycles. The highest BCUT2D eigenvalue weighted by atomic mass is 16.5. The minimum Gasteiger partial charge on any atom is -0.493 e. The van der Waals surface area contributed by atoms with E-state index in [2.05, 4.69) is 25.9 Å². The Kier molecular flexibility index (Phi) is 5.73. The number of rotatable bonds is 7. The maximum atomic E-state index is 12.0. The topological polar surface area (TPSA) is 104 Å². The molecule has 1 heterocycles. The predicted octanol–water partition coefficient (Wildman–Crippen LogP) is 1.51. The lowest BCUT2D eigenvalue weighted by atomic mass is 10.2. The number of aromatic nitrogens is 4. The van der Waals surface area contributed by atoms with Crippen LogP contribution in [0, 0.1) is 0 Å². The Bertz CT molecular complexity index is 939. The number of hydrogen-bond donors (Lipinski definition) is 1. The highest BCUT2D eigenvalue weighted by Crippen LogP contribution is 2.29. The molecule has 0 atom stereocenters. The smallest absolute Gasteiger partial charge is 0.263 e. The minimum absolute atomic E-state index is 0.105. The zero-order chi connectivity index (χ0) is 19.1. The summed E-state index contributed by atoms with van der Waals surface area (Å²) in [4.78, 5) is 13.2. The second-order valence-corrected chi connectivity index (χ2v) is 5.39. The highest BCUT2D eigenvalue weighted by molar-refractivity contribution is 5.86. The first-order chi connectivity index (χ1) is 13.2. The van der Waals surface area contributed by atoms with Crippen molar-refractivity contribution in [3.05, 3.63) is 54.1 Å². The average molecular weight is 366 g/mol. The third-order valence-electron chi connectivity index (χ3n) is 3.60. The third-order valence-corrected chi connectivity index (χ3v) is 3.60. The molecule has 0 aliphatic heterocycles. The van der Waals surface area contributed by atoms with Gasteiger partial charge in [-0.05, 0) is 17.3 Å². The maximum Gasteiger partial charge on any atom is 0.263 e. The van der Waals surface area contributed by atoms with Crippen LogP contribution in [0.15, 0.2) is 53.6 Å². The van der Waals surface area contributed by atoms with Gasteiger partial charge in [-0.2, -0.15) is 9.90 Å². The van der Waals surface area contributed by atoms with Gasteiger partial charge in [-0.1, -0.05) is 36.4 Å². The van der Waals surface area contributed by atoms with Gasteiger partial charge in [0.15, 0.2) is 11.5 Å². The summed E-state index contributed by atoms with van der Waals surface area (Å²) in [6.45, 7) is -0.105. The summed E-state index contributed by atoms with van der Waals surface area (Å²) in [6.07, 6.45) is 1.48. The van der Waals surface area contributed by atoms with Gasteiger partial charge in [0.1, 0.15) is 6.54 Å². The number of carbonyl (C=O) groups is 1. The van der Waals surface area contributed by atoms with Gasteiger partial charge in [0.25, 0.3) is 5.91 Å². The summed E-state index contributed by atoms with van der Waals surface area (Å²) in [5.74, 6) is 1.18. The van der Waals surface area contributed by atoms with Gasteiger partial charge < -0.3 is 9.47 Å². The van der Waals surface area contributed by atoms with E-state index in [9.17, 15) is 4.79 Å². The van der Waals surface area contributed by atoms with Gasteiger partial charge >= 0.3 is 0 Å². The fourth-order valence-electron chi connectivity index (χ4n) is 2.36. The fourth-order valence-corrected chi connectivity index (χ4v) is 2.36. The summed E-state index contributed by atoms with van der Waals surface area (Å²) in [5, 5.41) is 15.9. The molecule has 9 heteroatoms. The van der Waals surface area contributed by atoms with E-state index in [4.69, 9.17) is 9.47 Å². The standard InChI is InChI=1S/C18H18N6O3/c1-26-15-10-6-9-14(17(15)27-2)11-19-20-16(25)12-24-22-18(21-23-24)13-7-4-3-5-8-13/h3-11H,12H2,1-2H3,(H,20,25)/b19-11+. The molecular weight excluding hydrogens is 348 g/mol. The van der Waals surface area contributed by atoms with Crippen LogP contribution in [0.1, 0.15) is 5.56 Å². The second-order valence-electron chi connectivity index (χ2n) is 5.39. The summed E-state index contributed by atoms with van der Waals surface area (Å²) in [6, 6.07) is 14.8. The Morgan fingerprint density at radius 1 is 1.15 bits per heavy atom. The van der Waals surface area contributed by atoms with Gasteiger partial charge in [0.05, 0.1) is 20.4 Å². The molecule has 138 valence electrons. The number of hydrazone groups is 1. The maximum absolute atomic E-state index is 12.0. The van der Waals surface area contributed by atoms with E-state index in [0.29, 0.717) is 22.9 Å². The molecule has 0 unspecified atom stereocenters. The van der Waals surface area contributed by atoms with Gasteiger partial charge in [-0.25, -0.2) is 5.43 Å². The molecule has 2 aromatic carbocycles. The highest BCUT2D eigenvalue weighted by Gasteiger charge is 2.09. The summed E-state index contributed by atoms with van der Waals surface area (Å²) in [5.41, 5.74) is 3.92. The summed E-state index contributed by atoms with van der Waals surface area (Å²) < 4.78 is 10.5. The monoisotopic (exact) mass is 366 g/mol. The van der Waals surface area contributed by atoms with Crippen molar-refractivity contribution in [3.63, 3.8) is 0 Å². The minimum atomic E-state index is -0.384. The number of nitrogens with zero attached hydrogens (tertiary/aromatic N) is 5. The second kappa shape index (κ2) is 8.56. The predicted molar refractivity (Wildman–Crippen MR) is 98.5 cm³/mol. The Morgan fingerprint density at radius 2 is 1.96 bits per heavy atom. The molecule has 0 spiro atoms. The first kappa shape index (κ1) is 18.1. The van der Waals surface area contributed by atoms with E-state index in [-0.39, 0.29) is 12.5 Å². The average Bonchev–Trinajstić information content (AvgIpc) is 3.16. The molecule has 27 heavy (non-hydrogen) atoms. The molecule has 0 aliphatic rings. The lowest BCUT2D eigenvalue weighted by molar-refractivity contribution is -0.122. The third kappa shape index (κ3) is 4.46. The van der Waals surface area contributed by atoms with Crippen molar-refractivity contribution in [3.8, 4) is 22.9 Å². The van der Waals surface area contributed by atoms with E-state index in [1.54, 1.807) is 25.3 Å². The van der Waals surface area contributed by atoms with Crippen LogP contribution in [-0.2, 0) is 11.3 Å². The number of benzene rings is 2. The normalized spacial score (nSPS) is 10.7. The van der Waals surface area contributed by atoms with Crippen LogP contribution in [0.4, 0.5) is 0 Å². The van der Waals surface area contributed by atoms with E-state index < -0.39 is 0 Å². The van der Waals surface area contributed by atoms with Crippen molar-refractivity contribution in [2.24, 2.45) is 5.10 Å². The number of tetrazole rings is 1. The number of amides is 1. The number of methoxy groups -OCH3 is 2. The molecule has 0 bridgehead atoms. The zero-order valence-corrected chi connectivity index (χ0v) is 14.9. The van der Waals surface area contributed by atoms with Crippen molar-refractivity contribution in [1.82, 2.24) is 25.6 Å². The number of hydrogen-bond acceptors (Lipinski definition) is 7. The van der Waals surface area contributed by atoms with Gasteiger partial charge in [-0.15, -0.1) is 10.2 Å². The van der Waals surface area contributed by atoms with Gasteiger partial charge in [0.2, 0.25) is 5.82 Å².